The van der Waals surface area contributed by atoms with Gasteiger partial charge in [0.1, 0.15) is 5.75 Å². The van der Waals surface area contributed by atoms with Gasteiger partial charge < -0.3 is 9.30 Å². The Kier molecular flexibility index (Phi) is 5.30. The summed E-state index contributed by atoms with van der Waals surface area (Å²) in [7, 11) is 1.76. The number of methoxy groups -OCH3 is 1. The van der Waals surface area contributed by atoms with Crippen LogP contribution in [0.15, 0.2) is 66.9 Å². The van der Waals surface area contributed by atoms with E-state index < -0.39 is 0 Å². The molecule has 0 bridgehead atoms. The molecule has 1 aliphatic rings. The zero-order chi connectivity index (χ0) is 18.6. The van der Waals surface area contributed by atoms with Crippen LogP contribution < -0.4 is 4.74 Å². The molecule has 0 radical (unpaired) electrons. The number of nitrogens with zero attached hydrogens (tertiary/aromatic N) is 2. The molecule has 0 amide bonds. The van der Waals surface area contributed by atoms with Crippen LogP contribution in [0.25, 0.3) is 0 Å². The summed E-state index contributed by atoms with van der Waals surface area (Å²) < 4.78 is 8.03. The number of aryl methyl sites for hydroxylation is 2. The van der Waals surface area contributed by atoms with E-state index in [1.165, 1.54) is 22.4 Å². The van der Waals surface area contributed by atoms with Crippen molar-refractivity contribution < 1.29 is 4.74 Å². The number of benzene rings is 2. The molecule has 0 N–H and O–H groups in total. The van der Waals surface area contributed by atoms with Gasteiger partial charge in [-0.1, -0.05) is 49.4 Å². The lowest BCUT2D eigenvalue weighted by molar-refractivity contribution is 0.217. The molecule has 3 heteroatoms. The number of rotatable bonds is 5. The Morgan fingerprint density at radius 3 is 2.56 bits per heavy atom. The predicted molar refractivity (Wildman–Crippen MR) is 110 cm³/mol. The molecule has 0 aliphatic carbocycles. The van der Waals surface area contributed by atoms with Crippen molar-refractivity contribution in [1.29, 1.82) is 0 Å². The lowest BCUT2D eigenvalue weighted by Gasteiger charge is -2.31. The highest BCUT2D eigenvalue weighted by molar-refractivity contribution is 5.35. The first-order valence-electron chi connectivity index (χ1n) is 9.90. The van der Waals surface area contributed by atoms with Crippen LogP contribution in [0.4, 0.5) is 0 Å². The van der Waals surface area contributed by atoms with Crippen molar-refractivity contribution in [3.63, 3.8) is 0 Å². The summed E-state index contributed by atoms with van der Waals surface area (Å²) in [5.41, 5.74) is 5.38. The Morgan fingerprint density at radius 1 is 0.963 bits per heavy atom. The molecular formula is C24H28N2O. The van der Waals surface area contributed by atoms with Gasteiger partial charge in [0.15, 0.2) is 0 Å². The SMILES string of the molecule is CCc1ccc([C@H]2c3cccn3CCCN2Cc2ccccc2OC)cc1. The van der Waals surface area contributed by atoms with E-state index in [-0.39, 0.29) is 6.04 Å². The van der Waals surface area contributed by atoms with Crippen molar-refractivity contribution in [3.8, 4) is 5.75 Å². The molecule has 140 valence electrons. The summed E-state index contributed by atoms with van der Waals surface area (Å²) in [5, 5.41) is 0. The molecule has 1 aliphatic heterocycles. The Labute approximate surface area is 162 Å². The lowest BCUT2D eigenvalue weighted by atomic mass is 9.99. The summed E-state index contributed by atoms with van der Waals surface area (Å²) in [5.74, 6) is 0.970. The normalized spacial score (nSPS) is 17.3. The molecule has 3 nitrogen and oxygen atoms in total. The maximum absolute atomic E-state index is 5.61. The summed E-state index contributed by atoms with van der Waals surface area (Å²) in [6, 6.07) is 22.3. The van der Waals surface area contributed by atoms with Crippen LogP contribution in [-0.2, 0) is 19.5 Å². The van der Waals surface area contributed by atoms with Crippen LogP contribution in [0.5, 0.6) is 5.75 Å². The fraction of sp³-hybridized carbons (Fsp3) is 0.333. The minimum atomic E-state index is 0.262. The molecule has 2 heterocycles. The number of hydrogen-bond acceptors (Lipinski definition) is 2. The van der Waals surface area contributed by atoms with E-state index in [9.17, 15) is 0 Å². The van der Waals surface area contributed by atoms with E-state index >= 15 is 0 Å². The molecule has 1 atom stereocenters. The van der Waals surface area contributed by atoms with Gasteiger partial charge in [-0.3, -0.25) is 4.90 Å². The van der Waals surface area contributed by atoms with Crippen LogP contribution in [-0.4, -0.2) is 23.1 Å². The number of fused-ring (bicyclic) bond motifs is 1. The Morgan fingerprint density at radius 2 is 1.78 bits per heavy atom. The van der Waals surface area contributed by atoms with E-state index in [1.54, 1.807) is 7.11 Å². The standard InChI is InChI=1S/C24H28N2O/c1-3-19-11-13-20(14-12-19)24-22-9-6-15-25(22)16-7-17-26(24)18-21-8-4-5-10-23(21)27-2/h4-6,8-15,24H,3,7,16-18H2,1-2H3/t24-/m0/s1. The molecule has 0 unspecified atom stereocenters. The average Bonchev–Trinajstić information content (AvgIpc) is 3.10. The van der Waals surface area contributed by atoms with Gasteiger partial charge in [0.05, 0.1) is 13.2 Å². The van der Waals surface area contributed by atoms with Crippen LogP contribution >= 0.6 is 0 Å². The first-order valence-corrected chi connectivity index (χ1v) is 9.90. The molecular weight excluding hydrogens is 332 g/mol. The molecule has 0 spiro atoms. The number of para-hydroxylation sites is 1. The molecule has 0 saturated heterocycles. The highest BCUT2D eigenvalue weighted by Crippen LogP contribution is 2.34. The summed E-state index contributed by atoms with van der Waals surface area (Å²) >= 11 is 0. The molecule has 2 aromatic carbocycles. The van der Waals surface area contributed by atoms with Crippen molar-refractivity contribution in [2.45, 2.75) is 38.9 Å². The Bertz CT molecular complexity index is 881. The van der Waals surface area contributed by atoms with E-state index in [1.807, 2.05) is 6.07 Å². The lowest BCUT2D eigenvalue weighted by Crippen LogP contribution is -2.29. The molecule has 1 aromatic heterocycles. The minimum Gasteiger partial charge on any atom is -0.496 e. The monoisotopic (exact) mass is 360 g/mol. The van der Waals surface area contributed by atoms with Gasteiger partial charge in [0, 0.05) is 37.1 Å². The third-order valence-electron chi connectivity index (χ3n) is 5.62. The molecule has 27 heavy (non-hydrogen) atoms. The van der Waals surface area contributed by atoms with Gasteiger partial charge in [-0.25, -0.2) is 0 Å². The fourth-order valence-corrected chi connectivity index (χ4v) is 4.18. The second-order valence-electron chi connectivity index (χ2n) is 7.26. The van der Waals surface area contributed by atoms with E-state index in [0.717, 1.165) is 38.2 Å². The molecule has 4 rings (SSSR count). The first-order chi connectivity index (χ1) is 13.3. The summed E-state index contributed by atoms with van der Waals surface area (Å²) in [6.07, 6.45) is 4.45. The van der Waals surface area contributed by atoms with Crippen LogP contribution in [0.1, 0.15) is 41.8 Å². The highest BCUT2D eigenvalue weighted by atomic mass is 16.5. The smallest absolute Gasteiger partial charge is 0.123 e. The fourth-order valence-electron chi connectivity index (χ4n) is 4.18. The summed E-state index contributed by atoms with van der Waals surface area (Å²) in [4.78, 5) is 2.59. The molecule has 0 saturated carbocycles. The van der Waals surface area contributed by atoms with Gasteiger partial charge in [-0.2, -0.15) is 0 Å². The van der Waals surface area contributed by atoms with Gasteiger partial charge in [0.2, 0.25) is 0 Å². The number of aromatic nitrogens is 1. The van der Waals surface area contributed by atoms with Gasteiger partial charge in [0.25, 0.3) is 0 Å². The zero-order valence-electron chi connectivity index (χ0n) is 16.3. The average molecular weight is 361 g/mol. The van der Waals surface area contributed by atoms with Gasteiger partial charge >= 0.3 is 0 Å². The summed E-state index contributed by atoms with van der Waals surface area (Å²) in [6.45, 7) is 5.24. The third-order valence-corrected chi connectivity index (χ3v) is 5.62. The quantitative estimate of drug-likeness (QED) is 0.633. The third kappa shape index (κ3) is 3.65. The predicted octanol–water partition coefficient (Wildman–Crippen LogP) is 5.05. The van der Waals surface area contributed by atoms with Crippen molar-refractivity contribution in [2.75, 3.05) is 13.7 Å². The first kappa shape index (κ1) is 17.9. The molecule has 0 fully saturated rings. The highest BCUT2D eigenvalue weighted by Gasteiger charge is 2.27. The number of ether oxygens (including phenoxy) is 1. The maximum Gasteiger partial charge on any atom is 0.123 e. The topological polar surface area (TPSA) is 17.4 Å². The van der Waals surface area contributed by atoms with Crippen LogP contribution in [0.3, 0.4) is 0 Å². The van der Waals surface area contributed by atoms with E-state index in [0.29, 0.717) is 0 Å². The Balaban J connectivity index is 1.73. The molecule has 3 aromatic rings. The maximum atomic E-state index is 5.61. The van der Waals surface area contributed by atoms with Crippen molar-refractivity contribution in [2.24, 2.45) is 0 Å². The van der Waals surface area contributed by atoms with Gasteiger partial charge in [-0.05, 0) is 42.2 Å². The number of hydrogen-bond donors (Lipinski definition) is 0. The van der Waals surface area contributed by atoms with Crippen LogP contribution in [0, 0.1) is 0 Å². The largest absolute Gasteiger partial charge is 0.496 e. The van der Waals surface area contributed by atoms with Crippen molar-refractivity contribution in [1.82, 2.24) is 9.47 Å². The Hall–Kier alpha value is -2.52. The van der Waals surface area contributed by atoms with Crippen molar-refractivity contribution in [3.05, 3.63) is 89.2 Å². The van der Waals surface area contributed by atoms with E-state index in [2.05, 4.69) is 77.2 Å². The van der Waals surface area contributed by atoms with Gasteiger partial charge in [-0.15, -0.1) is 0 Å². The second-order valence-corrected chi connectivity index (χ2v) is 7.26. The second kappa shape index (κ2) is 8.01. The zero-order valence-corrected chi connectivity index (χ0v) is 16.3. The van der Waals surface area contributed by atoms with E-state index in [4.69, 9.17) is 4.74 Å². The van der Waals surface area contributed by atoms with Crippen LogP contribution in [0.2, 0.25) is 0 Å². The minimum absolute atomic E-state index is 0.262. The van der Waals surface area contributed by atoms with Crippen molar-refractivity contribution >= 4 is 0 Å².